The molecule has 0 saturated heterocycles. The van der Waals surface area contributed by atoms with Crippen LogP contribution in [0.4, 0.5) is 5.69 Å². The summed E-state index contributed by atoms with van der Waals surface area (Å²) in [7, 11) is 1.29. The van der Waals surface area contributed by atoms with E-state index in [0.29, 0.717) is 22.6 Å². The van der Waals surface area contributed by atoms with Crippen molar-refractivity contribution < 1.29 is 19.1 Å². The van der Waals surface area contributed by atoms with Crippen molar-refractivity contribution >= 4 is 50.8 Å². The zero-order valence-corrected chi connectivity index (χ0v) is 17.4. The van der Waals surface area contributed by atoms with E-state index in [4.69, 9.17) is 21.7 Å². The molecule has 0 fully saturated rings. The highest BCUT2D eigenvalue weighted by molar-refractivity contribution is 9.10. The molecule has 0 radical (unpaired) electrons. The van der Waals surface area contributed by atoms with Gasteiger partial charge in [0.2, 0.25) is 0 Å². The third-order valence-electron chi connectivity index (χ3n) is 3.36. The lowest BCUT2D eigenvalue weighted by Crippen LogP contribution is -2.35. The lowest BCUT2D eigenvalue weighted by molar-refractivity contribution is 0.0601. The molecule has 0 aliphatic heterocycles. The molecular formula is C19H19BrN2O4S. The van der Waals surface area contributed by atoms with Gasteiger partial charge in [0.25, 0.3) is 5.91 Å². The first-order valence-corrected chi connectivity index (χ1v) is 9.27. The van der Waals surface area contributed by atoms with Gasteiger partial charge in [0, 0.05) is 4.47 Å². The number of para-hydroxylation sites is 1. The van der Waals surface area contributed by atoms with Crippen LogP contribution < -0.4 is 15.4 Å². The van der Waals surface area contributed by atoms with Crippen LogP contribution >= 0.6 is 28.1 Å². The number of anilines is 1. The third-order valence-corrected chi connectivity index (χ3v) is 4.05. The monoisotopic (exact) mass is 450 g/mol. The van der Waals surface area contributed by atoms with Crippen molar-refractivity contribution in [3.8, 4) is 5.75 Å². The fourth-order valence-electron chi connectivity index (χ4n) is 2.24. The molecule has 142 valence electrons. The highest BCUT2D eigenvalue weighted by atomic mass is 79.9. The zero-order chi connectivity index (χ0) is 20.0. The first kappa shape index (κ1) is 20.9. The fourth-order valence-corrected chi connectivity index (χ4v) is 2.80. The van der Waals surface area contributed by atoms with Crippen molar-refractivity contribution in [3.05, 3.63) is 58.1 Å². The highest BCUT2D eigenvalue weighted by Gasteiger charge is 2.17. The molecule has 0 aliphatic rings. The summed E-state index contributed by atoms with van der Waals surface area (Å²) in [5.74, 6) is -0.490. The van der Waals surface area contributed by atoms with Gasteiger partial charge in [-0.15, -0.1) is 0 Å². The summed E-state index contributed by atoms with van der Waals surface area (Å²) in [5.41, 5.74) is 1.08. The predicted molar refractivity (Wildman–Crippen MR) is 111 cm³/mol. The van der Waals surface area contributed by atoms with Crippen LogP contribution in [0, 0.1) is 0 Å². The number of hydrogen-bond donors (Lipinski definition) is 2. The minimum Gasteiger partial charge on any atom is -0.490 e. The average Bonchev–Trinajstić information content (AvgIpc) is 2.62. The number of nitrogens with one attached hydrogen (secondary N) is 2. The van der Waals surface area contributed by atoms with Crippen LogP contribution in [0.25, 0.3) is 0 Å². The van der Waals surface area contributed by atoms with Crippen LogP contribution in [0.1, 0.15) is 34.6 Å². The molecule has 6 nitrogen and oxygen atoms in total. The normalized spacial score (nSPS) is 10.3. The van der Waals surface area contributed by atoms with Gasteiger partial charge in [-0.1, -0.05) is 28.1 Å². The summed E-state index contributed by atoms with van der Waals surface area (Å²) in [6.45, 7) is 3.75. The Morgan fingerprint density at radius 3 is 2.48 bits per heavy atom. The Hall–Kier alpha value is -2.45. The van der Waals surface area contributed by atoms with Crippen molar-refractivity contribution in [3.63, 3.8) is 0 Å². The van der Waals surface area contributed by atoms with Crippen molar-refractivity contribution in [2.24, 2.45) is 0 Å². The van der Waals surface area contributed by atoms with E-state index >= 15 is 0 Å². The number of halogens is 1. The number of rotatable bonds is 5. The zero-order valence-electron chi connectivity index (χ0n) is 15.0. The highest BCUT2D eigenvalue weighted by Crippen LogP contribution is 2.24. The molecule has 2 N–H and O–H groups in total. The summed E-state index contributed by atoms with van der Waals surface area (Å²) in [4.78, 5) is 24.5. The predicted octanol–water partition coefficient (Wildman–Crippen LogP) is 4.15. The molecule has 0 atom stereocenters. The van der Waals surface area contributed by atoms with Gasteiger partial charge in [-0.25, -0.2) is 4.79 Å². The summed E-state index contributed by atoms with van der Waals surface area (Å²) in [6.07, 6.45) is -0.0882. The molecule has 0 bridgehead atoms. The summed E-state index contributed by atoms with van der Waals surface area (Å²) >= 11 is 8.56. The molecular weight excluding hydrogens is 432 g/mol. The second-order valence-corrected chi connectivity index (χ2v) is 7.08. The van der Waals surface area contributed by atoms with Gasteiger partial charge < -0.3 is 14.8 Å². The smallest absolute Gasteiger partial charge is 0.339 e. The van der Waals surface area contributed by atoms with Gasteiger partial charge >= 0.3 is 5.97 Å². The lowest BCUT2D eigenvalue weighted by Gasteiger charge is -2.16. The number of carbonyl (C=O) groups excluding carboxylic acids is 2. The van der Waals surface area contributed by atoms with Crippen LogP contribution in [0.15, 0.2) is 46.9 Å². The Bertz CT molecular complexity index is 871. The number of carbonyl (C=O) groups is 2. The number of amides is 1. The molecule has 0 unspecified atom stereocenters. The molecule has 27 heavy (non-hydrogen) atoms. The molecule has 0 heterocycles. The molecule has 0 aromatic heterocycles. The van der Waals surface area contributed by atoms with E-state index in [1.54, 1.807) is 42.5 Å². The van der Waals surface area contributed by atoms with Gasteiger partial charge in [0.15, 0.2) is 5.11 Å². The number of thiocarbonyl (C=S) groups is 1. The Morgan fingerprint density at radius 1 is 1.11 bits per heavy atom. The number of hydrogen-bond acceptors (Lipinski definition) is 5. The first-order valence-electron chi connectivity index (χ1n) is 8.07. The Labute approximate surface area is 171 Å². The van der Waals surface area contributed by atoms with Gasteiger partial charge in [-0.2, -0.15) is 0 Å². The van der Waals surface area contributed by atoms with E-state index in [9.17, 15) is 9.59 Å². The molecule has 0 aliphatic carbocycles. The second kappa shape index (κ2) is 9.48. The molecule has 2 aromatic carbocycles. The topological polar surface area (TPSA) is 76.7 Å². The van der Waals surface area contributed by atoms with E-state index in [0.717, 1.165) is 4.47 Å². The van der Waals surface area contributed by atoms with E-state index in [1.165, 1.54) is 7.11 Å². The Kier molecular flexibility index (Phi) is 7.32. The van der Waals surface area contributed by atoms with Gasteiger partial charge in [0.1, 0.15) is 5.75 Å². The molecule has 0 spiro atoms. The maximum Gasteiger partial charge on any atom is 0.339 e. The largest absolute Gasteiger partial charge is 0.490 e. The van der Waals surface area contributed by atoms with Crippen LogP contribution in [0.5, 0.6) is 5.75 Å². The summed E-state index contributed by atoms with van der Waals surface area (Å²) in [5, 5.41) is 5.49. The van der Waals surface area contributed by atoms with Gasteiger partial charge in [-0.05, 0) is 56.4 Å². The SMILES string of the molecule is COC(=O)c1ccccc1NC(=S)NC(=O)c1cc(Br)ccc1OC(C)C. The number of ether oxygens (including phenoxy) is 2. The van der Waals surface area contributed by atoms with Crippen molar-refractivity contribution in [1.82, 2.24) is 5.32 Å². The fraction of sp³-hybridized carbons (Fsp3) is 0.211. The van der Waals surface area contributed by atoms with Crippen LogP contribution in [0.2, 0.25) is 0 Å². The maximum atomic E-state index is 12.6. The van der Waals surface area contributed by atoms with Gasteiger partial charge in [-0.3, -0.25) is 10.1 Å². The van der Waals surface area contributed by atoms with Crippen LogP contribution in [-0.4, -0.2) is 30.2 Å². The van der Waals surface area contributed by atoms with Crippen molar-refractivity contribution in [1.29, 1.82) is 0 Å². The number of benzene rings is 2. The Balaban J connectivity index is 2.17. The lowest BCUT2D eigenvalue weighted by atomic mass is 10.2. The van der Waals surface area contributed by atoms with Crippen molar-refractivity contribution in [2.75, 3.05) is 12.4 Å². The minimum atomic E-state index is -0.508. The van der Waals surface area contributed by atoms with E-state index in [-0.39, 0.29) is 11.2 Å². The number of methoxy groups -OCH3 is 1. The van der Waals surface area contributed by atoms with Gasteiger partial charge in [0.05, 0.1) is 30.0 Å². The average molecular weight is 451 g/mol. The molecule has 8 heteroatoms. The quantitative estimate of drug-likeness (QED) is 0.526. The van der Waals surface area contributed by atoms with Crippen LogP contribution in [-0.2, 0) is 4.74 Å². The van der Waals surface area contributed by atoms with Crippen LogP contribution in [0.3, 0.4) is 0 Å². The minimum absolute atomic E-state index is 0.0480. The van der Waals surface area contributed by atoms with E-state index in [1.807, 2.05) is 13.8 Å². The first-order chi connectivity index (χ1) is 12.8. The molecule has 2 aromatic rings. The van der Waals surface area contributed by atoms with Crippen molar-refractivity contribution in [2.45, 2.75) is 20.0 Å². The maximum absolute atomic E-state index is 12.6. The molecule has 0 saturated carbocycles. The standard InChI is InChI=1S/C19H19BrN2O4S/c1-11(2)26-16-9-8-12(20)10-14(16)17(23)22-19(27)21-15-7-5-4-6-13(15)18(24)25-3/h4-11H,1-3H3,(H2,21,22,23,27). The van der Waals surface area contributed by atoms with E-state index in [2.05, 4.69) is 26.6 Å². The second-order valence-electron chi connectivity index (χ2n) is 5.75. The summed E-state index contributed by atoms with van der Waals surface area (Å²) < 4.78 is 11.2. The van der Waals surface area contributed by atoms with E-state index < -0.39 is 11.9 Å². The molecule has 1 amide bonds. The summed E-state index contributed by atoms with van der Waals surface area (Å²) in [6, 6.07) is 11.9. The number of esters is 1. The Morgan fingerprint density at radius 2 is 1.81 bits per heavy atom. The molecule has 2 rings (SSSR count). The third kappa shape index (κ3) is 5.77.